The fourth-order valence-corrected chi connectivity index (χ4v) is 2.14. The fourth-order valence-electron chi connectivity index (χ4n) is 2.14. The number of nitrogens with zero attached hydrogens (tertiary/aromatic N) is 1. The van der Waals surface area contributed by atoms with E-state index in [0.29, 0.717) is 25.9 Å². The lowest BCUT2D eigenvalue weighted by Crippen LogP contribution is -2.30. The second kappa shape index (κ2) is 5.29. The molecule has 1 aliphatic heterocycles. The quantitative estimate of drug-likeness (QED) is 0.804. The van der Waals surface area contributed by atoms with Gasteiger partial charge in [-0.1, -0.05) is 30.3 Å². The van der Waals surface area contributed by atoms with E-state index in [9.17, 15) is 9.90 Å². The highest BCUT2D eigenvalue weighted by Gasteiger charge is 2.26. The van der Waals surface area contributed by atoms with Crippen LogP contribution in [-0.4, -0.2) is 35.0 Å². The van der Waals surface area contributed by atoms with E-state index in [-0.39, 0.29) is 11.9 Å². The Hall–Kier alpha value is -1.39. The highest BCUT2D eigenvalue weighted by atomic mass is 16.3. The zero-order valence-corrected chi connectivity index (χ0v) is 9.75. The molecule has 3 N–H and O–H groups in total. The molecule has 4 heteroatoms. The van der Waals surface area contributed by atoms with Crippen LogP contribution in [0.1, 0.15) is 24.5 Å². The summed E-state index contributed by atoms with van der Waals surface area (Å²) in [5.41, 5.74) is 6.60. The summed E-state index contributed by atoms with van der Waals surface area (Å²) in [6, 6.07) is 9.45. The zero-order chi connectivity index (χ0) is 12.3. The van der Waals surface area contributed by atoms with Crippen molar-refractivity contribution >= 4 is 5.91 Å². The standard InChI is InChI=1S/C13H18N2O2/c14-11-8-13(17)15(9-11)7-6-12(16)10-4-2-1-3-5-10/h1-5,11-12,16H,6-9,14H2. The van der Waals surface area contributed by atoms with Gasteiger partial charge in [0.15, 0.2) is 0 Å². The third kappa shape index (κ3) is 3.05. The molecule has 1 amide bonds. The van der Waals surface area contributed by atoms with Crippen molar-refractivity contribution in [1.29, 1.82) is 0 Å². The van der Waals surface area contributed by atoms with Gasteiger partial charge in [0, 0.05) is 25.6 Å². The van der Waals surface area contributed by atoms with Crippen molar-refractivity contribution in [3.8, 4) is 0 Å². The molecule has 1 aliphatic rings. The predicted molar refractivity (Wildman–Crippen MR) is 65.2 cm³/mol. The first kappa shape index (κ1) is 12.1. The van der Waals surface area contributed by atoms with Gasteiger partial charge in [0.1, 0.15) is 0 Å². The Bertz CT molecular complexity index is 380. The Balaban J connectivity index is 1.84. The lowest BCUT2D eigenvalue weighted by Gasteiger charge is -2.18. The molecule has 0 radical (unpaired) electrons. The lowest BCUT2D eigenvalue weighted by atomic mass is 10.1. The summed E-state index contributed by atoms with van der Waals surface area (Å²) in [7, 11) is 0. The largest absolute Gasteiger partial charge is 0.388 e. The number of carbonyl (C=O) groups excluding carboxylic acids is 1. The minimum absolute atomic E-state index is 0.0450. The molecule has 0 bridgehead atoms. The monoisotopic (exact) mass is 234 g/mol. The lowest BCUT2D eigenvalue weighted by molar-refractivity contribution is -0.127. The fraction of sp³-hybridized carbons (Fsp3) is 0.462. The van der Waals surface area contributed by atoms with E-state index >= 15 is 0 Å². The number of carbonyl (C=O) groups is 1. The summed E-state index contributed by atoms with van der Waals surface area (Å²) in [4.78, 5) is 13.2. The molecule has 4 nitrogen and oxygen atoms in total. The molecule has 2 rings (SSSR count). The van der Waals surface area contributed by atoms with E-state index in [1.54, 1.807) is 4.90 Å². The van der Waals surface area contributed by atoms with Crippen LogP contribution in [0.2, 0.25) is 0 Å². The first-order chi connectivity index (χ1) is 8.16. The van der Waals surface area contributed by atoms with Crippen molar-refractivity contribution in [2.24, 2.45) is 5.73 Å². The van der Waals surface area contributed by atoms with E-state index in [0.717, 1.165) is 5.56 Å². The summed E-state index contributed by atoms with van der Waals surface area (Å²) >= 11 is 0. The topological polar surface area (TPSA) is 66.6 Å². The van der Waals surface area contributed by atoms with E-state index < -0.39 is 6.10 Å². The van der Waals surface area contributed by atoms with Crippen LogP contribution in [0.25, 0.3) is 0 Å². The number of benzene rings is 1. The molecule has 92 valence electrons. The molecule has 17 heavy (non-hydrogen) atoms. The maximum atomic E-state index is 11.5. The van der Waals surface area contributed by atoms with Crippen molar-refractivity contribution in [2.75, 3.05) is 13.1 Å². The number of rotatable bonds is 4. The van der Waals surface area contributed by atoms with Gasteiger partial charge in [-0.3, -0.25) is 4.79 Å². The number of nitrogens with two attached hydrogens (primary N) is 1. The van der Waals surface area contributed by atoms with Crippen LogP contribution in [0, 0.1) is 0 Å². The van der Waals surface area contributed by atoms with Gasteiger partial charge in [-0.25, -0.2) is 0 Å². The molecule has 1 saturated heterocycles. The Morgan fingerprint density at radius 3 is 2.71 bits per heavy atom. The number of amides is 1. The van der Waals surface area contributed by atoms with Crippen LogP contribution in [0.4, 0.5) is 0 Å². The molecule has 1 aromatic rings. The normalized spacial score (nSPS) is 21.9. The number of hydrogen-bond acceptors (Lipinski definition) is 3. The number of likely N-dealkylation sites (tertiary alicyclic amines) is 1. The molecule has 1 fully saturated rings. The van der Waals surface area contributed by atoms with E-state index in [2.05, 4.69) is 0 Å². The average Bonchev–Trinajstić information content (AvgIpc) is 2.66. The number of aliphatic hydroxyl groups excluding tert-OH is 1. The van der Waals surface area contributed by atoms with Crippen LogP contribution in [-0.2, 0) is 4.79 Å². The van der Waals surface area contributed by atoms with Gasteiger partial charge in [0.2, 0.25) is 5.91 Å². The Kier molecular flexibility index (Phi) is 3.76. The SMILES string of the molecule is NC1CC(=O)N(CCC(O)c2ccccc2)C1. The van der Waals surface area contributed by atoms with Gasteiger partial charge in [-0.05, 0) is 12.0 Å². The van der Waals surface area contributed by atoms with Gasteiger partial charge in [-0.2, -0.15) is 0 Å². The van der Waals surface area contributed by atoms with Gasteiger partial charge in [-0.15, -0.1) is 0 Å². The summed E-state index contributed by atoms with van der Waals surface area (Å²) < 4.78 is 0. The molecule has 2 atom stereocenters. The third-order valence-electron chi connectivity index (χ3n) is 3.10. The minimum atomic E-state index is -0.513. The van der Waals surface area contributed by atoms with Crippen LogP contribution in [0.3, 0.4) is 0 Å². The van der Waals surface area contributed by atoms with E-state index in [1.165, 1.54) is 0 Å². The number of aliphatic hydroxyl groups is 1. The second-order valence-corrected chi connectivity index (χ2v) is 4.52. The second-order valence-electron chi connectivity index (χ2n) is 4.52. The van der Waals surface area contributed by atoms with Crippen LogP contribution >= 0.6 is 0 Å². The van der Waals surface area contributed by atoms with Crippen LogP contribution in [0.15, 0.2) is 30.3 Å². The molecule has 0 aromatic heterocycles. The maximum Gasteiger partial charge on any atom is 0.224 e. The summed E-state index contributed by atoms with van der Waals surface area (Å²) in [6.45, 7) is 1.18. The maximum absolute atomic E-state index is 11.5. The van der Waals surface area contributed by atoms with Crippen molar-refractivity contribution in [3.63, 3.8) is 0 Å². The third-order valence-corrected chi connectivity index (χ3v) is 3.10. The van der Waals surface area contributed by atoms with E-state index in [1.807, 2.05) is 30.3 Å². The molecule has 0 spiro atoms. The minimum Gasteiger partial charge on any atom is -0.388 e. The zero-order valence-electron chi connectivity index (χ0n) is 9.75. The van der Waals surface area contributed by atoms with Gasteiger partial charge in [0.05, 0.1) is 6.10 Å². The summed E-state index contributed by atoms with van der Waals surface area (Å²) in [5, 5.41) is 9.96. The van der Waals surface area contributed by atoms with Crippen molar-refractivity contribution in [3.05, 3.63) is 35.9 Å². The summed E-state index contributed by atoms with van der Waals surface area (Å²) in [6.07, 6.45) is 0.477. The average molecular weight is 234 g/mol. The van der Waals surface area contributed by atoms with Crippen LogP contribution in [0.5, 0.6) is 0 Å². The van der Waals surface area contributed by atoms with Crippen molar-refractivity contribution in [2.45, 2.75) is 25.0 Å². The van der Waals surface area contributed by atoms with Gasteiger partial charge >= 0.3 is 0 Å². The molecular formula is C13H18N2O2. The molecule has 1 heterocycles. The Morgan fingerprint density at radius 2 is 2.12 bits per heavy atom. The Labute approximate surface area is 101 Å². The van der Waals surface area contributed by atoms with E-state index in [4.69, 9.17) is 5.73 Å². The van der Waals surface area contributed by atoms with Crippen molar-refractivity contribution in [1.82, 2.24) is 4.90 Å². The molecule has 2 unspecified atom stereocenters. The van der Waals surface area contributed by atoms with Gasteiger partial charge < -0.3 is 15.7 Å². The molecular weight excluding hydrogens is 216 g/mol. The Morgan fingerprint density at radius 1 is 1.41 bits per heavy atom. The van der Waals surface area contributed by atoms with Gasteiger partial charge in [0.25, 0.3) is 0 Å². The highest BCUT2D eigenvalue weighted by Crippen LogP contribution is 2.18. The molecule has 0 saturated carbocycles. The smallest absolute Gasteiger partial charge is 0.224 e. The van der Waals surface area contributed by atoms with Crippen molar-refractivity contribution < 1.29 is 9.90 Å². The van der Waals surface area contributed by atoms with Crippen LogP contribution < -0.4 is 5.73 Å². The predicted octanol–water partition coefficient (Wildman–Crippen LogP) is 0.670. The first-order valence-corrected chi connectivity index (χ1v) is 5.93. The molecule has 1 aromatic carbocycles. The molecule has 0 aliphatic carbocycles. The number of hydrogen-bond donors (Lipinski definition) is 2. The first-order valence-electron chi connectivity index (χ1n) is 5.93. The summed E-state index contributed by atoms with van der Waals surface area (Å²) in [5.74, 6) is 0.0951. The highest BCUT2D eigenvalue weighted by molar-refractivity contribution is 5.79.